The summed E-state index contributed by atoms with van der Waals surface area (Å²) in [7, 11) is 3.05. The monoisotopic (exact) mass is 246 g/mol. The molecule has 0 aliphatic rings. The Kier molecular flexibility index (Phi) is 6.88. The lowest BCUT2D eigenvalue weighted by atomic mass is 10.3. The predicted molar refractivity (Wildman–Crippen MR) is 59.5 cm³/mol. The summed E-state index contributed by atoms with van der Waals surface area (Å²) < 4.78 is 4.87. The normalized spacial score (nSPS) is 11.7. The number of carboxylic acid groups (broad SMARTS) is 1. The molecule has 0 rings (SSSR count). The van der Waals surface area contributed by atoms with Gasteiger partial charge < -0.3 is 14.7 Å². The van der Waals surface area contributed by atoms with Crippen LogP contribution in [0, 0.1) is 0 Å². The molecule has 98 valence electrons. The number of carboxylic acids is 1. The second-order valence-electron chi connectivity index (χ2n) is 3.66. The van der Waals surface area contributed by atoms with E-state index in [-0.39, 0.29) is 18.9 Å². The van der Waals surface area contributed by atoms with Gasteiger partial charge in [0.2, 0.25) is 5.91 Å². The van der Waals surface area contributed by atoms with Crippen molar-refractivity contribution in [3.8, 4) is 0 Å². The van der Waals surface area contributed by atoms with Crippen molar-refractivity contribution in [3.63, 3.8) is 0 Å². The second kappa shape index (κ2) is 7.61. The first-order chi connectivity index (χ1) is 7.88. The van der Waals surface area contributed by atoms with Gasteiger partial charge in [0.05, 0.1) is 19.1 Å². The summed E-state index contributed by atoms with van der Waals surface area (Å²) in [4.78, 5) is 34.2. The van der Waals surface area contributed by atoms with E-state index in [2.05, 4.69) is 5.32 Å². The van der Waals surface area contributed by atoms with Gasteiger partial charge in [-0.1, -0.05) is 0 Å². The van der Waals surface area contributed by atoms with Crippen LogP contribution in [-0.2, 0) is 14.3 Å². The molecule has 1 unspecified atom stereocenters. The van der Waals surface area contributed by atoms with Crippen LogP contribution in [0.1, 0.15) is 19.8 Å². The fourth-order valence-corrected chi connectivity index (χ4v) is 1.04. The van der Waals surface area contributed by atoms with Gasteiger partial charge in [0.25, 0.3) is 0 Å². The number of methoxy groups -OCH3 is 1. The average Bonchev–Trinajstić information content (AvgIpc) is 2.25. The minimum absolute atomic E-state index is 0.174. The van der Waals surface area contributed by atoms with Gasteiger partial charge in [0.15, 0.2) is 0 Å². The van der Waals surface area contributed by atoms with E-state index in [0.29, 0.717) is 6.61 Å². The maximum absolute atomic E-state index is 11.5. The molecule has 0 saturated heterocycles. The van der Waals surface area contributed by atoms with Crippen LogP contribution >= 0.6 is 0 Å². The van der Waals surface area contributed by atoms with E-state index in [0.717, 1.165) is 0 Å². The minimum atomic E-state index is -1.08. The van der Waals surface area contributed by atoms with E-state index in [1.165, 1.54) is 19.1 Å². The topological polar surface area (TPSA) is 95.9 Å². The smallest absolute Gasteiger partial charge is 0.324 e. The number of rotatable bonds is 6. The Bertz CT molecular complexity index is 292. The predicted octanol–water partition coefficient (Wildman–Crippen LogP) is 0.0541. The number of imide groups is 1. The molecule has 2 N–H and O–H groups in total. The molecule has 7 heteroatoms. The van der Waals surface area contributed by atoms with Crippen LogP contribution in [0.4, 0.5) is 4.79 Å². The summed E-state index contributed by atoms with van der Waals surface area (Å²) in [5.41, 5.74) is 0. The highest BCUT2D eigenvalue weighted by Gasteiger charge is 2.17. The molecule has 0 aliphatic heterocycles. The number of nitrogens with zero attached hydrogens (tertiary/aromatic N) is 1. The third kappa shape index (κ3) is 6.52. The minimum Gasteiger partial charge on any atom is -0.481 e. The van der Waals surface area contributed by atoms with Gasteiger partial charge in [0.1, 0.15) is 0 Å². The van der Waals surface area contributed by atoms with Crippen LogP contribution in [0.15, 0.2) is 0 Å². The lowest BCUT2D eigenvalue weighted by Crippen LogP contribution is -2.46. The fraction of sp³-hybridized carbons (Fsp3) is 0.700. The van der Waals surface area contributed by atoms with Crippen molar-refractivity contribution in [2.75, 3.05) is 20.8 Å². The molecule has 7 nitrogen and oxygen atoms in total. The first-order valence-electron chi connectivity index (χ1n) is 5.15. The van der Waals surface area contributed by atoms with Gasteiger partial charge >= 0.3 is 12.0 Å². The van der Waals surface area contributed by atoms with Gasteiger partial charge in [-0.3, -0.25) is 14.9 Å². The third-order valence-corrected chi connectivity index (χ3v) is 2.20. The number of ether oxygens (including phenoxy) is 1. The average molecular weight is 246 g/mol. The molecule has 0 aromatic carbocycles. The number of likely N-dealkylation sites (N-methyl/N-ethyl adjacent to an activating group) is 1. The molecule has 3 amide bonds. The molecule has 0 radical (unpaired) electrons. The molecule has 0 aromatic rings. The first kappa shape index (κ1) is 15.4. The highest BCUT2D eigenvalue weighted by atomic mass is 16.5. The van der Waals surface area contributed by atoms with Gasteiger partial charge in [-0.25, -0.2) is 4.79 Å². The van der Waals surface area contributed by atoms with Crippen LogP contribution in [0.5, 0.6) is 0 Å². The summed E-state index contributed by atoms with van der Waals surface area (Å²) in [6, 6.07) is -0.739. The van der Waals surface area contributed by atoms with E-state index in [9.17, 15) is 14.4 Å². The van der Waals surface area contributed by atoms with Crippen molar-refractivity contribution in [1.29, 1.82) is 0 Å². The van der Waals surface area contributed by atoms with Gasteiger partial charge in [-0.2, -0.15) is 0 Å². The van der Waals surface area contributed by atoms with Crippen molar-refractivity contribution < 1.29 is 24.2 Å². The van der Waals surface area contributed by atoms with Crippen molar-refractivity contribution in [3.05, 3.63) is 0 Å². The Balaban J connectivity index is 4.06. The molecule has 0 bridgehead atoms. The molecule has 0 heterocycles. The zero-order chi connectivity index (χ0) is 13.4. The van der Waals surface area contributed by atoms with Crippen molar-refractivity contribution >= 4 is 17.9 Å². The number of hydrogen-bond acceptors (Lipinski definition) is 4. The van der Waals surface area contributed by atoms with E-state index in [1.54, 1.807) is 6.92 Å². The number of carbonyl (C=O) groups excluding carboxylic acids is 2. The molecule has 0 spiro atoms. The summed E-state index contributed by atoms with van der Waals surface area (Å²) in [5, 5.41) is 10.5. The standard InChI is InChI=1S/C10H18N2O5/c1-7(6-17-3)12(2)10(16)11-8(13)4-5-9(14)15/h7H,4-6H2,1-3H3,(H,14,15)(H,11,13,16). The number of aliphatic carboxylic acids is 1. The zero-order valence-electron chi connectivity index (χ0n) is 10.2. The second-order valence-corrected chi connectivity index (χ2v) is 3.66. The Labute approximate surface area is 99.7 Å². The quantitative estimate of drug-likeness (QED) is 0.690. The molecule has 0 aromatic heterocycles. The molecule has 0 saturated carbocycles. The van der Waals surface area contributed by atoms with Gasteiger partial charge in [-0.05, 0) is 6.92 Å². The van der Waals surface area contributed by atoms with E-state index in [1.807, 2.05) is 0 Å². The van der Waals surface area contributed by atoms with E-state index < -0.39 is 17.9 Å². The third-order valence-electron chi connectivity index (χ3n) is 2.20. The summed E-state index contributed by atoms with van der Waals surface area (Å²) in [6.45, 7) is 2.12. The molecule has 0 aliphatic carbocycles. The lowest BCUT2D eigenvalue weighted by molar-refractivity contribution is -0.138. The molecule has 0 fully saturated rings. The van der Waals surface area contributed by atoms with Crippen LogP contribution in [0.3, 0.4) is 0 Å². The summed E-state index contributed by atoms with van der Waals surface area (Å²) in [6.07, 6.45) is -0.510. The zero-order valence-corrected chi connectivity index (χ0v) is 10.2. The largest absolute Gasteiger partial charge is 0.481 e. The van der Waals surface area contributed by atoms with Gasteiger partial charge in [0, 0.05) is 20.6 Å². The summed E-state index contributed by atoms with van der Waals surface area (Å²) >= 11 is 0. The number of urea groups is 1. The highest BCUT2D eigenvalue weighted by molar-refractivity contribution is 5.95. The van der Waals surface area contributed by atoms with E-state index >= 15 is 0 Å². The Morgan fingerprint density at radius 2 is 1.94 bits per heavy atom. The van der Waals surface area contributed by atoms with Crippen LogP contribution in [0.2, 0.25) is 0 Å². The highest BCUT2D eigenvalue weighted by Crippen LogP contribution is 1.97. The number of amides is 3. The maximum Gasteiger partial charge on any atom is 0.324 e. The molecular weight excluding hydrogens is 228 g/mol. The van der Waals surface area contributed by atoms with Crippen molar-refractivity contribution in [1.82, 2.24) is 10.2 Å². The van der Waals surface area contributed by atoms with Crippen LogP contribution in [0.25, 0.3) is 0 Å². The maximum atomic E-state index is 11.5. The Morgan fingerprint density at radius 1 is 1.35 bits per heavy atom. The number of hydrogen-bond donors (Lipinski definition) is 2. The Hall–Kier alpha value is -1.63. The first-order valence-corrected chi connectivity index (χ1v) is 5.15. The number of carbonyl (C=O) groups is 3. The molecule has 17 heavy (non-hydrogen) atoms. The van der Waals surface area contributed by atoms with Crippen LogP contribution in [-0.4, -0.2) is 54.7 Å². The van der Waals surface area contributed by atoms with Crippen LogP contribution < -0.4 is 5.32 Å². The summed E-state index contributed by atoms with van der Waals surface area (Å²) in [5.74, 6) is -1.68. The van der Waals surface area contributed by atoms with Crippen molar-refractivity contribution in [2.24, 2.45) is 0 Å². The molecular formula is C10H18N2O5. The number of nitrogens with one attached hydrogen (secondary N) is 1. The Morgan fingerprint density at radius 3 is 2.41 bits per heavy atom. The van der Waals surface area contributed by atoms with Crippen molar-refractivity contribution in [2.45, 2.75) is 25.8 Å². The fourth-order valence-electron chi connectivity index (χ4n) is 1.04. The lowest BCUT2D eigenvalue weighted by Gasteiger charge is -2.23. The van der Waals surface area contributed by atoms with E-state index in [4.69, 9.17) is 9.84 Å². The van der Waals surface area contributed by atoms with Gasteiger partial charge in [-0.15, -0.1) is 0 Å². The SMILES string of the molecule is COCC(C)N(C)C(=O)NC(=O)CCC(=O)O. The molecule has 1 atom stereocenters.